The lowest BCUT2D eigenvalue weighted by molar-refractivity contribution is -0.137. The summed E-state index contributed by atoms with van der Waals surface area (Å²) in [5.74, 6) is 0.700. The van der Waals surface area contributed by atoms with Crippen molar-refractivity contribution in [2.24, 2.45) is 5.92 Å². The van der Waals surface area contributed by atoms with E-state index in [0.717, 1.165) is 55.0 Å². The van der Waals surface area contributed by atoms with Crippen LogP contribution in [0.3, 0.4) is 0 Å². The molecule has 1 heterocycles. The van der Waals surface area contributed by atoms with Gasteiger partial charge in [0.1, 0.15) is 0 Å². The van der Waals surface area contributed by atoms with Gasteiger partial charge in [0.2, 0.25) is 0 Å². The Morgan fingerprint density at radius 1 is 1.42 bits per heavy atom. The zero-order chi connectivity index (χ0) is 13.9. The highest BCUT2D eigenvalue weighted by Crippen LogP contribution is 2.43. The summed E-state index contributed by atoms with van der Waals surface area (Å²) in [7, 11) is 0. The molecular weight excluding hydrogens is 273 g/mol. The highest BCUT2D eigenvalue weighted by molar-refractivity contribution is 7.11. The van der Waals surface area contributed by atoms with E-state index in [1.54, 1.807) is 0 Å². The van der Waals surface area contributed by atoms with Gasteiger partial charge >= 0.3 is 6.18 Å². The van der Waals surface area contributed by atoms with Crippen molar-refractivity contribution in [3.05, 3.63) is 16.1 Å². The molecule has 1 aliphatic rings. The van der Waals surface area contributed by atoms with Crippen molar-refractivity contribution >= 4 is 11.3 Å². The Morgan fingerprint density at radius 2 is 2.21 bits per heavy atom. The molecule has 0 saturated heterocycles. The van der Waals surface area contributed by atoms with Gasteiger partial charge in [0.15, 0.2) is 5.01 Å². The maximum atomic E-state index is 12.6. The summed E-state index contributed by atoms with van der Waals surface area (Å²) in [6, 6.07) is 0. The molecule has 6 heteroatoms. The minimum Gasteiger partial charge on any atom is -0.316 e. The van der Waals surface area contributed by atoms with Crippen molar-refractivity contribution < 1.29 is 13.2 Å². The molecule has 0 aliphatic heterocycles. The summed E-state index contributed by atoms with van der Waals surface area (Å²) in [5.41, 5.74) is 0. The summed E-state index contributed by atoms with van der Waals surface area (Å²) in [6.07, 6.45) is 1.38. The van der Waals surface area contributed by atoms with E-state index in [4.69, 9.17) is 0 Å². The highest BCUT2D eigenvalue weighted by Gasteiger charge is 2.37. The van der Waals surface area contributed by atoms with E-state index in [1.807, 2.05) is 0 Å². The van der Waals surface area contributed by atoms with E-state index >= 15 is 0 Å². The number of nitrogens with zero attached hydrogens (tertiary/aromatic N) is 1. The molecule has 1 aromatic rings. The van der Waals surface area contributed by atoms with Crippen LogP contribution >= 0.6 is 11.3 Å². The van der Waals surface area contributed by atoms with Crippen molar-refractivity contribution in [3.8, 4) is 0 Å². The summed E-state index contributed by atoms with van der Waals surface area (Å²) in [5, 5.41) is 2.66. The fourth-order valence-electron chi connectivity index (χ4n) is 2.71. The Kier molecular flexibility index (Phi) is 4.84. The minimum atomic E-state index is -4.31. The predicted octanol–water partition coefficient (Wildman–Crippen LogP) is 4.05. The maximum absolute atomic E-state index is 12.6. The monoisotopic (exact) mass is 292 g/mol. The first-order valence-corrected chi connectivity index (χ1v) is 7.57. The van der Waals surface area contributed by atoms with Crippen molar-refractivity contribution in [1.29, 1.82) is 0 Å². The standard InChI is InChI=1S/C13H19F3N2S/c1-2-6-17-7-9-4-3-5-10(9)11-8-18-12(19-11)13(14,15)16/h8-10,17H,2-7H2,1H3. The Labute approximate surface area is 115 Å². The molecule has 0 aromatic carbocycles. The fraction of sp³-hybridized carbons (Fsp3) is 0.769. The molecule has 2 atom stereocenters. The molecule has 0 bridgehead atoms. The minimum absolute atomic E-state index is 0.248. The molecule has 1 N–H and O–H groups in total. The zero-order valence-corrected chi connectivity index (χ0v) is 11.8. The number of alkyl halides is 3. The Balaban J connectivity index is 2.01. The van der Waals surface area contributed by atoms with Crippen molar-refractivity contribution in [2.45, 2.75) is 44.7 Å². The van der Waals surface area contributed by atoms with Gasteiger partial charge in [-0.05, 0) is 44.2 Å². The summed E-state index contributed by atoms with van der Waals surface area (Å²) < 4.78 is 37.7. The van der Waals surface area contributed by atoms with Gasteiger partial charge in [0.05, 0.1) is 0 Å². The number of hydrogen-bond acceptors (Lipinski definition) is 3. The molecular formula is C13H19F3N2S. The van der Waals surface area contributed by atoms with Gasteiger partial charge in [-0.25, -0.2) is 4.98 Å². The average molecular weight is 292 g/mol. The third kappa shape index (κ3) is 3.69. The van der Waals surface area contributed by atoms with Crippen LogP contribution < -0.4 is 5.32 Å². The number of thiazole rings is 1. The SMILES string of the molecule is CCCNCC1CCCC1c1cnc(C(F)(F)F)s1. The Bertz CT molecular complexity index is 403. The van der Waals surface area contributed by atoms with E-state index in [1.165, 1.54) is 6.20 Å². The molecule has 0 amide bonds. The van der Waals surface area contributed by atoms with Gasteiger partial charge in [-0.1, -0.05) is 13.3 Å². The normalized spacial score (nSPS) is 24.0. The smallest absolute Gasteiger partial charge is 0.316 e. The van der Waals surface area contributed by atoms with Crippen LogP contribution in [0.25, 0.3) is 0 Å². The summed E-state index contributed by atoms with van der Waals surface area (Å²) >= 11 is 0.816. The molecule has 1 aliphatic carbocycles. The van der Waals surface area contributed by atoms with Crippen molar-refractivity contribution in [1.82, 2.24) is 10.3 Å². The highest BCUT2D eigenvalue weighted by atomic mass is 32.1. The molecule has 108 valence electrons. The number of hydrogen-bond donors (Lipinski definition) is 1. The van der Waals surface area contributed by atoms with Crippen LogP contribution in [0.2, 0.25) is 0 Å². The Morgan fingerprint density at radius 3 is 2.84 bits per heavy atom. The fourth-order valence-corrected chi connectivity index (χ4v) is 3.72. The number of nitrogens with one attached hydrogen (secondary N) is 1. The molecule has 2 unspecified atom stereocenters. The van der Waals surface area contributed by atoms with E-state index < -0.39 is 11.2 Å². The second-order valence-corrected chi connectivity index (χ2v) is 6.13. The molecule has 19 heavy (non-hydrogen) atoms. The van der Waals surface area contributed by atoms with Crippen LogP contribution in [0.4, 0.5) is 13.2 Å². The topological polar surface area (TPSA) is 24.9 Å². The molecule has 2 rings (SSSR count). The van der Waals surface area contributed by atoms with Gasteiger partial charge in [-0.3, -0.25) is 0 Å². The predicted molar refractivity (Wildman–Crippen MR) is 70.4 cm³/mol. The van der Waals surface area contributed by atoms with E-state index in [0.29, 0.717) is 5.92 Å². The van der Waals surface area contributed by atoms with E-state index in [2.05, 4.69) is 17.2 Å². The average Bonchev–Trinajstić information content (AvgIpc) is 2.95. The van der Waals surface area contributed by atoms with Gasteiger partial charge in [0, 0.05) is 11.1 Å². The Hall–Kier alpha value is -0.620. The first kappa shape index (κ1) is 14.8. The third-order valence-corrected chi connectivity index (χ3v) is 4.80. The lowest BCUT2D eigenvalue weighted by atomic mass is 9.95. The van der Waals surface area contributed by atoms with Gasteiger partial charge < -0.3 is 5.32 Å². The first-order chi connectivity index (χ1) is 9.02. The van der Waals surface area contributed by atoms with Gasteiger partial charge in [-0.2, -0.15) is 13.2 Å². The van der Waals surface area contributed by atoms with Crippen molar-refractivity contribution in [3.63, 3.8) is 0 Å². The summed E-state index contributed by atoms with van der Waals surface area (Å²) in [6.45, 7) is 3.98. The van der Waals surface area contributed by atoms with Crippen LogP contribution in [-0.2, 0) is 6.18 Å². The lowest BCUT2D eigenvalue weighted by Gasteiger charge is -2.18. The van der Waals surface area contributed by atoms with Crippen LogP contribution in [-0.4, -0.2) is 18.1 Å². The van der Waals surface area contributed by atoms with Crippen LogP contribution in [0.1, 0.15) is 48.4 Å². The molecule has 2 nitrogen and oxygen atoms in total. The second kappa shape index (κ2) is 6.22. The van der Waals surface area contributed by atoms with Crippen molar-refractivity contribution in [2.75, 3.05) is 13.1 Å². The van der Waals surface area contributed by atoms with Gasteiger partial charge in [-0.15, -0.1) is 11.3 Å². The lowest BCUT2D eigenvalue weighted by Crippen LogP contribution is -2.24. The third-order valence-electron chi connectivity index (χ3n) is 3.62. The molecule has 1 saturated carbocycles. The van der Waals surface area contributed by atoms with Crippen LogP contribution in [0, 0.1) is 5.92 Å². The van der Waals surface area contributed by atoms with E-state index in [9.17, 15) is 13.2 Å². The number of halogens is 3. The quantitative estimate of drug-likeness (QED) is 0.828. The first-order valence-electron chi connectivity index (χ1n) is 6.76. The maximum Gasteiger partial charge on any atom is 0.443 e. The second-order valence-electron chi connectivity index (χ2n) is 5.07. The van der Waals surface area contributed by atoms with Crippen LogP contribution in [0.15, 0.2) is 6.20 Å². The largest absolute Gasteiger partial charge is 0.443 e. The zero-order valence-electron chi connectivity index (χ0n) is 11.0. The van der Waals surface area contributed by atoms with Crippen LogP contribution in [0.5, 0.6) is 0 Å². The molecule has 0 spiro atoms. The summed E-state index contributed by atoms with van der Waals surface area (Å²) in [4.78, 5) is 4.34. The number of aromatic nitrogens is 1. The molecule has 1 fully saturated rings. The molecule has 1 aromatic heterocycles. The van der Waals surface area contributed by atoms with Gasteiger partial charge in [0.25, 0.3) is 0 Å². The molecule has 0 radical (unpaired) electrons. The van der Waals surface area contributed by atoms with E-state index in [-0.39, 0.29) is 5.92 Å². The number of rotatable bonds is 5.